The summed E-state index contributed by atoms with van der Waals surface area (Å²) in [6.07, 6.45) is -3.85. The molecule has 1 nitrogen and oxygen atoms in total. The van der Waals surface area contributed by atoms with E-state index in [1.165, 1.54) is 13.8 Å². The average Bonchev–Trinajstić information content (AvgIpc) is 2.31. The first kappa shape index (κ1) is 16.2. The second-order valence-electron chi connectivity index (χ2n) is 4.09. The van der Waals surface area contributed by atoms with Crippen molar-refractivity contribution in [2.75, 3.05) is 6.54 Å². The van der Waals surface area contributed by atoms with Crippen LogP contribution in [0.25, 0.3) is 0 Å². The molecule has 0 aliphatic rings. The summed E-state index contributed by atoms with van der Waals surface area (Å²) < 4.78 is 65.2. The fourth-order valence-corrected chi connectivity index (χ4v) is 1.94. The molecule has 1 atom stereocenters. The van der Waals surface area contributed by atoms with E-state index in [0.29, 0.717) is 0 Å². The largest absolute Gasteiger partial charge is 0.326 e. The average molecular weight is 302 g/mol. The molecule has 1 N–H and O–H groups in total. The van der Waals surface area contributed by atoms with Crippen LogP contribution in [-0.2, 0) is 0 Å². The molecule has 1 unspecified atom stereocenters. The van der Waals surface area contributed by atoms with Gasteiger partial charge in [0.2, 0.25) is 0 Å². The first-order chi connectivity index (χ1) is 8.71. The van der Waals surface area contributed by atoms with Crippen molar-refractivity contribution < 1.29 is 22.0 Å². The molecule has 0 amide bonds. The Morgan fingerprint density at radius 1 is 1.32 bits per heavy atom. The molecule has 0 saturated carbocycles. The monoisotopic (exact) mass is 301 g/mol. The normalized spacial score (nSPS) is 13.9. The van der Waals surface area contributed by atoms with E-state index < -0.39 is 24.2 Å². The Labute approximate surface area is 112 Å². The van der Waals surface area contributed by atoms with Crippen LogP contribution in [0.15, 0.2) is 12.1 Å². The summed E-state index contributed by atoms with van der Waals surface area (Å²) in [5, 5.41) is 1.96. The lowest BCUT2D eigenvalue weighted by Crippen LogP contribution is -2.42. The van der Waals surface area contributed by atoms with E-state index in [-0.39, 0.29) is 22.7 Å². The summed E-state index contributed by atoms with van der Waals surface area (Å²) in [5.74, 6) is -4.98. The molecule has 0 aromatic heterocycles. The van der Waals surface area contributed by atoms with Crippen molar-refractivity contribution in [1.82, 2.24) is 5.32 Å². The lowest BCUT2D eigenvalue weighted by atomic mass is 9.98. The van der Waals surface area contributed by atoms with Gasteiger partial charge in [0.05, 0.1) is 0 Å². The molecule has 0 aliphatic heterocycles. The molecular formula is C12H13ClF5N. The number of nitrogens with one attached hydrogen (secondary N) is 1. The third-order valence-electron chi connectivity index (χ3n) is 2.67. The van der Waals surface area contributed by atoms with Gasteiger partial charge in [-0.25, -0.2) is 13.2 Å². The van der Waals surface area contributed by atoms with Gasteiger partial charge in [0, 0.05) is 5.02 Å². The highest BCUT2D eigenvalue weighted by Gasteiger charge is 2.49. The third-order valence-corrected chi connectivity index (χ3v) is 3.00. The highest BCUT2D eigenvalue weighted by atomic mass is 35.5. The quantitative estimate of drug-likeness (QED) is 0.798. The molecule has 1 rings (SSSR count). The number of hydrogen-bond acceptors (Lipinski definition) is 1. The van der Waals surface area contributed by atoms with Crippen molar-refractivity contribution >= 4 is 11.6 Å². The molecule has 108 valence electrons. The van der Waals surface area contributed by atoms with Gasteiger partial charge in [0.15, 0.2) is 0 Å². The standard InChI is InChI=1S/C12H13ClF5N/c1-3-19-10(12(17,18)11(15)16)7-4-6(2)9(14)5-8(7)13/h4-5,10-11,19H,3H2,1-2H3. The van der Waals surface area contributed by atoms with Gasteiger partial charge in [-0.2, -0.15) is 8.78 Å². The molecule has 0 spiro atoms. The van der Waals surface area contributed by atoms with Crippen LogP contribution in [0.3, 0.4) is 0 Å². The smallest absolute Gasteiger partial charge is 0.305 e. The van der Waals surface area contributed by atoms with Crippen LogP contribution in [0.5, 0.6) is 0 Å². The summed E-state index contributed by atoms with van der Waals surface area (Å²) in [6, 6.07) is -0.0661. The Kier molecular flexibility index (Phi) is 5.15. The molecule has 0 aliphatic carbocycles. The number of rotatable bonds is 5. The van der Waals surface area contributed by atoms with Crippen LogP contribution < -0.4 is 5.32 Å². The molecule has 0 heterocycles. The van der Waals surface area contributed by atoms with E-state index in [2.05, 4.69) is 5.32 Å². The van der Waals surface area contributed by atoms with E-state index in [1.54, 1.807) is 0 Å². The van der Waals surface area contributed by atoms with Gasteiger partial charge in [-0.3, -0.25) is 0 Å². The second kappa shape index (κ2) is 6.05. The minimum Gasteiger partial charge on any atom is -0.305 e. The maximum atomic E-state index is 13.5. The molecule has 0 bridgehead atoms. The van der Waals surface area contributed by atoms with Crippen molar-refractivity contribution in [3.05, 3.63) is 34.1 Å². The fraction of sp³-hybridized carbons (Fsp3) is 0.500. The number of aryl methyl sites for hydroxylation is 1. The van der Waals surface area contributed by atoms with Crippen LogP contribution in [-0.4, -0.2) is 18.9 Å². The lowest BCUT2D eigenvalue weighted by Gasteiger charge is -2.28. The second-order valence-corrected chi connectivity index (χ2v) is 4.50. The molecule has 0 fully saturated rings. The molecule has 1 aromatic carbocycles. The predicted octanol–water partition coefficient (Wildman–Crippen LogP) is 4.34. The molecule has 1 aromatic rings. The van der Waals surface area contributed by atoms with E-state index in [1.807, 2.05) is 0 Å². The Morgan fingerprint density at radius 2 is 1.89 bits per heavy atom. The minimum absolute atomic E-state index is 0.0414. The molecule has 19 heavy (non-hydrogen) atoms. The fourth-order valence-electron chi connectivity index (χ4n) is 1.68. The van der Waals surface area contributed by atoms with E-state index >= 15 is 0 Å². The van der Waals surface area contributed by atoms with Gasteiger partial charge in [0.1, 0.15) is 11.9 Å². The van der Waals surface area contributed by atoms with E-state index in [9.17, 15) is 22.0 Å². The zero-order valence-corrected chi connectivity index (χ0v) is 11.0. The highest BCUT2D eigenvalue weighted by molar-refractivity contribution is 6.31. The van der Waals surface area contributed by atoms with Gasteiger partial charge in [-0.15, -0.1) is 0 Å². The van der Waals surface area contributed by atoms with Crippen molar-refractivity contribution in [3.8, 4) is 0 Å². The van der Waals surface area contributed by atoms with Crippen molar-refractivity contribution in [2.45, 2.75) is 32.2 Å². The predicted molar refractivity (Wildman–Crippen MR) is 63.5 cm³/mol. The van der Waals surface area contributed by atoms with Gasteiger partial charge in [-0.1, -0.05) is 18.5 Å². The van der Waals surface area contributed by atoms with Crippen molar-refractivity contribution in [2.24, 2.45) is 0 Å². The summed E-state index contributed by atoms with van der Waals surface area (Å²) in [4.78, 5) is 0. The van der Waals surface area contributed by atoms with Crippen LogP contribution in [0.4, 0.5) is 22.0 Å². The van der Waals surface area contributed by atoms with Crippen molar-refractivity contribution in [3.63, 3.8) is 0 Å². The SMILES string of the molecule is CCNC(c1cc(C)c(F)cc1Cl)C(F)(F)C(F)F. The van der Waals surface area contributed by atoms with Crippen LogP contribution in [0, 0.1) is 12.7 Å². The summed E-state index contributed by atoms with van der Waals surface area (Å²) in [6.45, 7) is 2.89. The summed E-state index contributed by atoms with van der Waals surface area (Å²) in [5.41, 5.74) is -0.180. The number of alkyl halides is 4. The molecule has 7 heteroatoms. The zero-order valence-electron chi connectivity index (χ0n) is 10.3. The van der Waals surface area contributed by atoms with Gasteiger partial charge in [-0.05, 0) is 36.7 Å². The molecular weight excluding hydrogens is 289 g/mol. The van der Waals surface area contributed by atoms with Gasteiger partial charge in [0.25, 0.3) is 0 Å². The first-order valence-electron chi connectivity index (χ1n) is 5.56. The minimum atomic E-state index is -4.30. The van der Waals surface area contributed by atoms with Gasteiger partial charge >= 0.3 is 12.3 Å². The maximum absolute atomic E-state index is 13.5. The molecule has 0 saturated heterocycles. The van der Waals surface area contributed by atoms with E-state index in [4.69, 9.17) is 11.6 Å². The van der Waals surface area contributed by atoms with Crippen LogP contribution in [0.2, 0.25) is 5.02 Å². The maximum Gasteiger partial charge on any atom is 0.326 e. The molecule has 0 radical (unpaired) electrons. The van der Waals surface area contributed by atoms with Gasteiger partial charge < -0.3 is 5.32 Å². The number of hydrogen-bond donors (Lipinski definition) is 1. The zero-order chi connectivity index (χ0) is 14.8. The van der Waals surface area contributed by atoms with Crippen LogP contribution >= 0.6 is 11.6 Å². The number of benzene rings is 1. The van der Waals surface area contributed by atoms with Crippen molar-refractivity contribution in [1.29, 1.82) is 0 Å². The summed E-state index contributed by atoms with van der Waals surface area (Å²) in [7, 11) is 0. The first-order valence-corrected chi connectivity index (χ1v) is 5.94. The van der Waals surface area contributed by atoms with Crippen LogP contribution in [0.1, 0.15) is 24.1 Å². The Morgan fingerprint density at radius 3 is 2.37 bits per heavy atom. The summed E-state index contributed by atoms with van der Waals surface area (Å²) >= 11 is 5.68. The topological polar surface area (TPSA) is 12.0 Å². The lowest BCUT2D eigenvalue weighted by molar-refractivity contribution is -0.151. The third kappa shape index (κ3) is 3.36. The Hall–Kier alpha value is -0.880. The number of halogens is 6. The highest BCUT2D eigenvalue weighted by Crippen LogP contribution is 2.39. The Bertz CT molecular complexity index is 450. The van der Waals surface area contributed by atoms with E-state index in [0.717, 1.165) is 12.1 Å². The Balaban J connectivity index is 3.31.